The van der Waals surface area contributed by atoms with Crippen molar-refractivity contribution in [2.75, 3.05) is 0 Å². The van der Waals surface area contributed by atoms with E-state index in [1.807, 2.05) is 49.4 Å². The van der Waals surface area contributed by atoms with Gasteiger partial charge in [0, 0.05) is 5.02 Å². The highest BCUT2D eigenvalue weighted by molar-refractivity contribution is 6.31. The van der Waals surface area contributed by atoms with Gasteiger partial charge in [0.25, 0.3) is 0 Å². The molecule has 0 saturated carbocycles. The van der Waals surface area contributed by atoms with E-state index >= 15 is 0 Å². The molecule has 2 rings (SSSR count). The lowest BCUT2D eigenvalue weighted by atomic mass is 10.0. The van der Waals surface area contributed by atoms with E-state index in [-0.39, 0.29) is 0 Å². The lowest BCUT2D eigenvalue weighted by Crippen LogP contribution is -1.99. The van der Waals surface area contributed by atoms with Crippen LogP contribution < -0.4 is 0 Å². The SMILES string of the molecule is Cc1ccc(CCC(O)c2ccccc2)cc1Cl. The Morgan fingerprint density at radius 2 is 1.83 bits per heavy atom. The molecular formula is C16H17ClO. The van der Waals surface area contributed by atoms with Crippen molar-refractivity contribution in [3.05, 3.63) is 70.2 Å². The van der Waals surface area contributed by atoms with Crippen molar-refractivity contribution in [3.8, 4) is 0 Å². The molecule has 94 valence electrons. The maximum atomic E-state index is 10.1. The van der Waals surface area contributed by atoms with Crippen LogP contribution in [-0.4, -0.2) is 5.11 Å². The first-order valence-electron chi connectivity index (χ1n) is 6.15. The van der Waals surface area contributed by atoms with Crippen LogP contribution in [0, 0.1) is 6.92 Å². The zero-order chi connectivity index (χ0) is 13.0. The summed E-state index contributed by atoms with van der Waals surface area (Å²) in [6, 6.07) is 15.8. The number of rotatable bonds is 4. The summed E-state index contributed by atoms with van der Waals surface area (Å²) in [6.07, 6.45) is 1.13. The second kappa shape index (κ2) is 6.03. The first kappa shape index (κ1) is 13.1. The van der Waals surface area contributed by atoms with Gasteiger partial charge in [-0.1, -0.05) is 54.1 Å². The first-order valence-corrected chi connectivity index (χ1v) is 6.52. The Labute approximate surface area is 113 Å². The molecular weight excluding hydrogens is 244 g/mol. The van der Waals surface area contributed by atoms with Gasteiger partial charge >= 0.3 is 0 Å². The van der Waals surface area contributed by atoms with Crippen molar-refractivity contribution in [1.82, 2.24) is 0 Å². The molecule has 0 bridgehead atoms. The molecule has 0 radical (unpaired) electrons. The van der Waals surface area contributed by atoms with Gasteiger partial charge in [-0.15, -0.1) is 0 Å². The minimum Gasteiger partial charge on any atom is -0.388 e. The number of hydrogen-bond donors (Lipinski definition) is 1. The Bertz CT molecular complexity index is 508. The summed E-state index contributed by atoms with van der Waals surface area (Å²) < 4.78 is 0. The van der Waals surface area contributed by atoms with Crippen LogP contribution in [0.1, 0.15) is 29.2 Å². The van der Waals surface area contributed by atoms with E-state index in [0.717, 1.165) is 22.6 Å². The minimum absolute atomic E-state index is 0.411. The number of hydrogen-bond acceptors (Lipinski definition) is 1. The van der Waals surface area contributed by atoms with Crippen LogP contribution in [0.4, 0.5) is 0 Å². The molecule has 0 amide bonds. The Balaban J connectivity index is 1.97. The van der Waals surface area contributed by atoms with Gasteiger partial charge in [0.05, 0.1) is 6.10 Å². The monoisotopic (exact) mass is 260 g/mol. The zero-order valence-corrected chi connectivity index (χ0v) is 11.2. The van der Waals surface area contributed by atoms with Crippen molar-refractivity contribution in [2.45, 2.75) is 25.9 Å². The lowest BCUT2D eigenvalue weighted by molar-refractivity contribution is 0.168. The Morgan fingerprint density at radius 1 is 1.11 bits per heavy atom. The number of aliphatic hydroxyl groups is 1. The lowest BCUT2D eigenvalue weighted by Gasteiger charge is -2.11. The second-order valence-electron chi connectivity index (χ2n) is 4.55. The molecule has 18 heavy (non-hydrogen) atoms. The van der Waals surface area contributed by atoms with E-state index < -0.39 is 6.10 Å². The zero-order valence-electron chi connectivity index (χ0n) is 10.4. The van der Waals surface area contributed by atoms with Gasteiger partial charge in [0.15, 0.2) is 0 Å². The van der Waals surface area contributed by atoms with Gasteiger partial charge in [-0.25, -0.2) is 0 Å². The fraction of sp³-hybridized carbons (Fsp3) is 0.250. The van der Waals surface area contributed by atoms with Crippen molar-refractivity contribution in [2.24, 2.45) is 0 Å². The number of benzene rings is 2. The molecule has 0 spiro atoms. The van der Waals surface area contributed by atoms with Gasteiger partial charge in [-0.2, -0.15) is 0 Å². The molecule has 0 aliphatic heterocycles. The minimum atomic E-state index is -0.411. The summed E-state index contributed by atoms with van der Waals surface area (Å²) in [5.41, 5.74) is 3.22. The average molecular weight is 261 g/mol. The maximum Gasteiger partial charge on any atom is 0.0793 e. The third-order valence-electron chi connectivity index (χ3n) is 3.13. The average Bonchev–Trinajstić information content (AvgIpc) is 2.41. The molecule has 0 heterocycles. The topological polar surface area (TPSA) is 20.2 Å². The first-order chi connectivity index (χ1) is 8.66. The third kappa shape index (κ3) is 3.34. The number of aryl methyl sites for hydroxylation is 2. The van der Waals surface area contributed by atoms with E-state index in [2.05, 4.69) is 6.07 Å². The smallest absolute Gasteiger partial charge is 0.0793 e. The number of halogens is 1. The molecule has 1 unspecified atom stereocenters. The molecule has 0 aliphatic carbocycles. The van der Waals surface area contributed by atoms with Gasteiger partial charge in [0.2, 0.25) is 0 Å². The normalized spacial score (nSPS) is 12.4. The van der Waals surface area contributed by atoms with E-state index in [1.54, 1.807) is 0 Å². The predicted octanol–water partition coefficient (Wildman–Crippen LogP) is 4.31. The maximum absolute atomic E-state index is 10.1. The molecule has 0 saturated heterocycles. The molecule has 0 aliphatic rings. The summed E-state index contributed by atoms with van der Waals surface area (Å²) in [5.74, 6) is 0. The van der Waals surface area contributed by atoms with Crippen LogP contribution >= 0.6 is 11.6 Å². The summed E-state index contributed by atoms with van der Waals surface area (Å²) in [4.78, 5) is 0. The molecule has 2 aromatic rings. The molecule has 0 aromatic heterocycles. The van der Waals surface area contributed by atoms with E-state index in [4.69, 9.17) is 11.6 Å². The summed E-state index contributed by atoms with van der Waals surface area (Å²) in [5, 5.41) is 10.9. The van der Waals surface area contributed by atoms with Crippen molar-refractivity contribution in [1.29, 1.82) is 0 Å². The van der Waals surface area contributed by atoms with Crippen LogP contribution in [0.2, 0.25) is 5.02 Å². The molecule has 1 atom stereocenters. The van der Waals surface area contributed by atoms with Gasteiger partial charge in [0.1, 0.15) is 0 Å². The van der Waals surface area contributed by atoms with Crippen molar-refractivity contribution >= 4 is 11.6 Å². The molecule has 1 N–H and O–H groups in total. The van der Waals surface area contributed by atoms with Crippen molar-refractivity contribution in [3.63, 3.8) is 0 Å². The van der Waals surface area contributed by atoms with E-state index in [9.17, 15) is 5.11 Å². The van der Waals surface area contributed by atoms with Gasteiger partial charge in [-0.3, -0.25) is 0 Å². The highest BCUT2D eigenvalue weighted by atomic mass is 35.5. The fourth-order valence-electron chi connectivity index (χ4n) is 1.94. The van der Waals surface area contributed by atoms with Crippen LogP contribution in [0.3, 0.4) is 0 Å². The fourth-order valence-corrected chi connectivity index (χ4v) is 2.14. The largest absolute Gasteiger partial charge is 0.388 e. The van der Waals surface area contributed by atoms with Gasteiger partial charge in [-0.05, 0) is 42.5 Å². The van der Waals surface area contributed by atoms with E-state index in [1.165, 1.54) is 5.56 Å². The standard InChI is InChI=1S/C16H17ClO/c1-12-7-8-13(11-15(12)17)9-10-16(18)14-5-3-2-4-6-14/h2-8,11,16,18H,9-10H2,1H3. The highest BCUT2D eigenvalue weighted by Crippen LogP contribution is 2.21. The predicted molar refractivity (Wildman–Crippen MR) is 75.9 cm³/mol. The second-order valence-corrected chi connectivity index (χ2v) is 4.96. The Hall–Kier alpha value is -1.31. The number of aliphatic hydroxyl groups excluding tert-OH is 1. The van der Waals surface area contributed by atoms with Crippen LogP contribution in [0.15, 0.2) is 48.5 Å². The summed E-state index contributed by atoms with van der Waals surface area (Å²) >= 11 is 6.08. The van der Waals surface area contributed by atoms with Crippen LogP contribution in [0.25, 0.3) is 0 Å². The quantitative estimate of drug-likeness (QED) is 0.868. The summed E-state index contributed by atoms with van der Waals surface area (Å²) in [7, 11) is 0. The van der Waals surface area contributed by atoms with Crippen molar-refractivity contribution < 1.29 is 5.11 Å². The Kier molecular flexibility index (Phi) is 4.40. The molecule has 0 fully saturated rings. The van der Waals surface area contributed by atoms with Crippen LogP contribution in [0.5, 0.6) is 0 Å². The van der Waals surface area contributed by atoms with Crippen LogP contribution in [-0.2, 0) is 6.42 Å². The van der Waals surface area contributed by atoms with E-state index in [0.29, 0.717) is 6.42 Å². The molecule has 2 aromatic carbocycles. The summed E-state index contributed by atoms with van der Waals surface area (Å²) in [6.45, 7) is 1.99. The Morgan fingerprint density at radius 3 is 2.50 bits per heavy atom. The third-order valence-corrected chi connectivity index (χ3v) is 3.53. The van der Waals surface area contributed by atoms with Gasteiger partial charge < -0.3 is 5.11 Å². The molecule has 2 heteroatoms. The molecule has 1 nitrogen and oxygen atoms in total. The highest BCUT2D eigenvalue weighted by Gasteiger charge is 2.07.